The Kier molecular flexibility index (Phi) is 3.73. The minimum absolute atomic E-state index is 0.282. The number of piperazine rings is 1. The molecule has 0 spiro atoms. The number of hydrogen-bond donors (Lipinski definition) is 1. The second-order valence-corrected chi connectivity index (χ2v) is 5.90. The van der Waals surface area contributed by atoms with E-state index in [1.54, 1.807) is 12.4 Å². The molecule has 0 radical (unpaired) electrons. The predicted molar refractivity (Wildman–Crippen MR) is 88.9 cm³/mol. The summed E-state index contributed by atoms with van der Waals surface area (Å²) in [4.78, 5) is 24.1. The second kappa shape index (κ2) is 6.04. The quantitative estimate of drug-likeness (QED) is 0.773. The maximum Gasteiger partial charge on any atom is 0.435 e. The average molecular weight is 326 g/mol. The van der Waals surface area contributed by atoms with Gasteiger partial charge in [0.1, 0.15) is 0 Å². The third-order valence-corrected chi connectivity index (χ3v) is 4.54. The van der Waals surface area contributed by atoms with Crippen LogP contribution in [-0.4, -0.2) is 51.2 Å². The molecule has 1 aliphatic heterocycles. The van der Waals surface area contributed by atoms with Crippen LogP contribution in [-0.2, 0) is 0 Å². The summed E-state index contributed by atoms with van der Waals surface area (Å²) in [6.45, 7) is 5.48. The maximum atomic E-state index is 11.1. The number of aromatic nitrogens is 4. The van der Waals surface area contributed by atoms with Gasteiger partial charge in [0.05, 0.1) is 11.0 Å². The molecule has 1 saturated heterocycles. The molecule has 0 bridgehead atoms. The largest absolute Gasteiger partial charge is 0.435 e. The van der Waals surface area contributed by atoms with Crippen molar-refractivity contribution in [2.75, 3.05) is 31.1 Å². The van der Waals surface area contributed by atoms with E-state index < -0.39 is 5.76 Å². The zero-order valence-corrected chi connectivity index (χ0v) is 13.3. The Morgan fingerprint density at radius 1 is 1.12 bits per heavy atom. The van der Waals surface area contributed by atoms with Crippen LogP contribution < -0.4 is 10.7 Å². The molecule has 124 valence electrons. The van der Waals surface area contributed by atoms with Gasteiger partial charge in [0, 0.05) is 44.6 Å². The standard InChI is InChI=1S/C16H18N6O2/c1-11(12-2-3-13-14(10-12)18-5-4-17-13)21-6-8-22(9-7-21)15-19-20-16(23)24-15/h2-5,10-11H,6-9H2,1H3,(H,20,23). The van der Waals surface area contributed by atoms with E-state index in [-0.39, 0.29) is 6.04 Å². The van der Waals surface area contributed by atoms with Crippen molar-refractivity contribution < 1.29 is 4.42 Å². The molecule has 1 fully saturated rings. The van der Waals surface area contributed by atoms with E-state index in [2.05, 4.69) is 44.1 Å². The molecule has 1 aliphatic rings. The molecule has 2 aromatic heterocycles. The van der Waals surface area contributed by atoms with Crippen molar-refractivity contribution in [3.63, 3.8) is 0 Å². The fraction of sp³-hybridized carbons (Fsp3) is 0.375. The fourth-order valence-corrected chi connectivity index (χ4v) is 3.11. The van der Waals surface area contributed by atoms with Gasteiger partial charge in [-0.25, -0.2) is 9.89 Å². The first-order valence-electron chi connectivity index (χ1n) is 7.96. The highest BCUT2D eigenvalue weighted by atomic mass is 16.4. The van der Waals surface area contributed by atoms with Crippen LogP contribution in [0.1, 0.15) is 18.5 Å². The lowest BCUT2D eigenvalue weighted by molar-refractivity contribution is 0.195. The highest BCUT2D eigenvalue weighted by molar-refractivity contribution is 5.74. The van der Waals surface area contributed by atoms with Crippen molar-refractivity contribution >= 4 is 17.0 Å². The molecule has 8 nitrogen and oxygen atoms in total. The van der Waals surface area contributed by atoms with Crippen LogP contribution in [0.25, 0.3) is 11.0 Å². The zero-order chi connectivity index (χ0) is 16.5. The summed E-state index contributed by atoms with van der Waals surface area (Å²) < 4.78 is 5.02. The van der Waals surface area contributed by atoms with E-state index in [9.17, 15) is 4.79 Å². The third-order valence-electron chi connectivity index (χ3n) is 4.54. The normalized spacial score (nSPS) is 17.3. The summed E-state index contributed by atoms with van der Waals surface area (Å²) in [5, 5.41) is 6.19. The van der Waals surface area contributed by atoms with E-state index >= 15 is 0 Å². The van der Waals surface area contributed by atoms with Gasteiger partial charge < -0.3 is 9.32 Å². The summed E-state index contributed by atoms with van der Waals surface area (Å²) in [6, 6.07) is 6.88. The fourth-order valence-electron chi connectivity index (χ4n) is 3.11. The molecule has 8 heteroatoms. The number of benzene rings is 1. The zero-order valence-electron chi connectivity index (χ0n) is 13.3. The minimum Gasteiger partial charge on any atom is -0.373 e. The summed E-state index contributed by atoms with van der Waals surface area (Å²) >= 11 is 0. The Balaban J connectivity index is 1.47. The number of H-pyrrole nitrogens is 1. The number of fused-ring (bicyclic) bond motifs is 1. The number of anilines is 1. The third kappa shape index (κ3) is 2.76. The van der Waals surface area contributed by atoms with E-state index in [1.165, 1.54) is 5.56 Å². The average Bonchev–Trinajstić information content (AvgIpc) is 3.07. The summed E-state index contributed by atoms with van der Waals surface area (Å²) in [5.74, 6) is -0.516. The van der Waals surface area contributed by atoms with Gasteiger partial charge in [0.15, 0.2) is 0 Å². The topological polar surface area (TPSA) is 91.2 Å². The first-order chi connectivity index (χ1) is 11.7. The van der Waals surface area contributed by atoms with Crippen LogP contribution in [0, 0.1) is 0 Å². The SMILES string of the molecule is CC(c1ccc2nccnc2c1)N1CCN(c2n[nH]c(=O)o2)CC1. The Bertz CT molecular complexity index is 896. The van der Waals surface area contributed by atoms with Crippen molar-refractivity contribution in [2.24, 2.45) is 0 Å². The first kappa shape index (κ1) is 14.8. The van der Waals surface area contributed by atoms with Crippen molar-refractivity contribution in [2.45, 2.75) is 13.0 Å². The molecule has 24 heavy (non-hydrogen) atoms. The monoisotopic (exact) mass is 326 g/mol. The number of aromatic amines is 1. The van der Waals surface area contributed by atoms with Gasteiger partial charge in [-0.15, -0.1) is 5.10 Å². The molecule has 0 aliphatic carbocycles. The summed E-state index contributed by atoms with van der Waals surface area (Å²) in [5.41, 5.74) is 3.05. The lowest BCUT2D eigenvalue weighted by atomic mass is 10.1. The van der Waals surface area contributed by atoms with Crippen molar-refractivity contribution in [1.29, 1.82) is 0 Å². The molecule has 1 N–H and O–H groups in total. The van der Waals surface area contributed by atoms with E-state index in [0.717, 1.165) is 37.2 Å². The van der Waals surface area contributed by atoms with Crippen LogP contribution in [0.4, 0.5) is 6.01 Å². The Hall–Kier alpha value is -2.74. The molecule has 0 saturated carbocycles. The van der Waals surface area contributed by atoms with Crippen LogP contribution in [0.5, 0.6) is 0 Å². The lowest BCUT2D eigenvalue weighted by Gasteiger charge is -2.37. The lowest BCUT2D eigenvalue weighted by Crippen LogP contribution is -2.47. The first-order valence-corrected chi connectivity index (χ1v) is 7.96. The molecule has 4 rings (SSSR count). The summed E-state index contributed by atoms with van der Waals surface area (Å²) in [7, 11) is 0. The Labute approximate surface area is 138 Å². The maximum absolute atomic E-state index is 11.1. The van der Waals surface area contributed by atoms with E-state index in [0.29, 0.717) is 6.01 Å². The minimum atomic E-state index is -0.516. The Morgan fingerprint density at radius 2 is 1.88 bits per heavy atom. The smallest absolute Gasteiger partial charge is 0.373 e. The molecule has 3 aromatic rings. The van der Waals surface area contributed by atoms with Crippen LogP contribution in [0.15, 0.2) is 39.8 Å². The van der Waals surface area contributed by atoms with Gasteiger partial charge in [-0.1, -0.05) is 6.07 Å². The number of hydrogen-bond acceptors (Lipinski definition) is 7. The van der Waals surface area contributed by atoms with Gasteiger partial charge >= 0.3 is 11.8 Å². The number of nitrogens with one attached hydrogen (secondary N) is 1. The van der Waals surface area contributed by atoms with Crippen molar-refractivity contribution in [3.8, 4) is 0 Å². The molecule has 1 unspecified atom stereocenters. The van der Waals surface area contributed by atoms with Crippen LogP contribution >= 0.6 is 0 Å². The molecule has 3 heterocycles. The Morgan fingerprint density at radius 3 is 2.58 bits per heavy atom. The van der Waals surface area contributed by atoms with Gasteiger partial charge in [-0.2, -0.15) is 0 Å². The van der Waals surface area contributed by atoms with E-state index in [4.69, 9.17) is 4.42 Å². The predicted octanol–water partition coefficient (Wildman–Crippen LogP) is 1.19. The van der Waals surface area contributed by atoms with Crippen LogP contribution in [0.3, 0.4) is 0 Å². The van der Waals surface area contributed by atoms with Crippen LogP contribution in [0.2, 0.25) is 0 Å². The van der Waals surface area contributed by atoms with E-state index in [1.807, 2.05) is 11.0 Å². The van der Waals surface area contributed by atoms with Gasteiger partial charge in [-0.3, -0.25) is 14.9 Å². The van der Waals surface area contributed by atoms with Crippen molar-refractivity contribution in [1.82, 2.24) is 25.1 Å². The second-order valence-electron chi connectivity index (χ2n) is 5.90. The summed E-state index contributed by atoms with van der Waals surface area (Å²) in [6.07, 6.45) is 3.42. The molecule has 0 amide bonds. The molecule has 1 aromatic carbocycles. The van der Waals surface area contributed by atoms with Gasteiger partial charge in [0.25, 0.3) is 0 Å². The highest BCUT2D eigenvalue weighted by Gasteiger charge is 2.24. The van der Waals surface area contributed by atoms with Gasteiger partial charge in [0.2, 0.25) is 0 Å². The number of nitrogens with zero attached hydrogens (tertiary/aromatic N) is 5. The molecular formula is C16H18N6O2. The number of rotatable bonds is 3. The molecule has 1 atom stereocenters. The highest BCUT2D eigenvalue weighted by Crippen LogP contribution is 2.24. The van der Waals surface area contributed by atoms with Crippen molar-refractivity contribution in [3.05, 3.63) is 46.7 Å². The molecular weight excluding hydrogens is 308 g/mol. The van der Waals surface area contributed by atoms with Gasteiger partial charge in [-0.05, 0) is 24.6 Å².